The number of carbonyl (C=O) groups excluding carboxylic acids is 1. The van der Waals surface area contributed by atoms with Crippen LogP contribution in [-0.4, -0.2) is 28.9 Å². The van der Waals surface area contributed by atoms with Crippen LogP contribution in [0.1, 0.15) is 24.3 Å². The smallest absolute Gasteiger partial charge is 0.270 e. The zero-order chi connectivity index (χ0) is 14.0. The molecule has 0 fully saturated rings. The topological polar surface area (TPSA) is 36.1 Å². The van der Waals surface area contributed by atoms with Crippen molar-refractivity contribution in [3.8, 4) is 0 Å². The second-order valence-corrected chi connectivity index (χ2v) is 4.66. The lowest BCUT2D eigenvalue weighted by Crippen LogP contribution is -2.32. The van der Waals surface area contributed by atoms with E-state index in [1.165, 1.54) is 6.07 Å². The molecule has 0 aliphatic carbocycles. The third-order valence-electron chi connectivity index (χ3n) is 2.97. The Balaban J connectivity index is 2.35. The fourth-order valence-electron chi connectivity index (χ4n) is 2.06. The third kappa shape index (κ3) is 2.67. The number of aromatic amines is 1. The third-order valence-corrected chi connectivity index (χ3v) is 2.97. The van der Waals surface area contributed by atoms with E-state index in [1.807, 2.05) is 13.8 Å². The first-order valence-electron chi connectivity index (χ1n) is 6.23. The van der Waals surface area contributed by atoms with Crippen LogP contribution in [0.3, 0.4) is 0 Å². The maximum Gasteiger partial charge on any atom is 0.270 e. The van der Waals surface area contributed by atoms with Crippen molar-refractivity contribution in [2.45, 2.75) is 13.8 Å². The molecule has 0 atom stereocenters. The molecule has 0 saturated heterocycles. The van der Waals surface area contributed by atoms with Crippen LogP contribution in [0.25, 0.3) is 10.9 Å². The summed E-state index contributed by atoms with van der Waals surface area (Å²) in [7, 11) is 0. The summed E-state index contributed by atoms with van der Waals surface area (Å²) < 4.78 is 13.6. The Morgan fingerprint density at radius 2 is 2.21 bits per heavy atom. The summed E-state index contributed by atoms with van der Waals surface area (Å²) in [6, 6.07) is 6.32. The van der Waals surface area contributed by atoms with Crippen LogP contribution in [0.4, 0.5) is 4.39 Å². The largest absolute Gasteiger partial charge is 0.350 e. The molecule has 1 amide bonds. The molecule has 0 aliphatic rings. The van der Waals surface area contributed by atoms with Crippen LogP contribution in [0.15, 0.2) is 36.4 Å². The van der Waals surface area contributed by atoms with E-state index in [0.717, 1.165) is 5.57 Å². The van der Waals surface area contributed by atoms with Crippen LogP contribution >= 0.6 is 0 Å². The van der Waals surface area contributed by atoms with Gasteiger partial charge < -0.3 is 9.88 Å². The maximum absolute atomic E-state index is 13.6. The number of hydrogen-bond acceptors (Lipinski definition) is 1. The number of fused-ring (bicyclic) bond motifs is 1. The number of hydrogen-bond donors (Lipinski definition) is 1. The van der Waals surface area contributed by atoms with Crippen molar-refractivity contribution in [3.63, 3.8) is 0 Å². The van der Waals surface area contributed by atoms with Crippen LogP contribution in [-0.2, 0) is 0 Å². The molecule has 3 nitrogen and oxygen atoms in total. The van der Waals surface area contributed by atoms with Crippen LogP contribution in [0.5, 0.6) is 0 Å². The predicted octanol–water partition coefficient (Wildman–Crippen LogP) is 3.35. The molecule has 1 aromatic heterocycles. The van der Waals surface area contributed by atoms with E-state index in [2.05, 4.69) is 11.6 Å². The number of H-pyrrole nitrogens is 1. The van der Waals surface area contributed by atoms with Gasteiger partial charge in [-0.05, 0) is 32.0 Å². The van der Waals surface area contributed by atoms with Gasteiger partial charge in [-0.15, -0.1) is 0 Å². The first-order chi connectivity index (χ1) is 9.02. The highest BCUT2D eigenvalue weighted by Crippen LogP contribution is 2.19. The molecule has 0 saturated carbocycles. The predicted molar refractivity (Wildman–Crippen MR) is 74.6 cm³/mol. The number of nitrogens with one attached hydrogen (secondary N) is 1. The molecular weight excluding hydrogens is 243 g/mol. The van der Waals surface area contributed by atoms with E-state index >= 15 is 0 Å². The number of halogens is 1. The van der Waals surface area contributed by atoms with Gasteiger partial charge in [-0.3, -0.25) is 4.79 Å². The Bertz CT molecular complexity index is 630. The minimum absolute atomic E-state index is 0.138. The van der Waals surface area contributed by atoms with Crippen LogP contribution < -0.4 is 0 Å². The molecule has 1 N–H and O–H groups in total. The van der Waals surface area contributed by atoms with Gasteiger partial charge >= 0.3 is 0 Å². The van der Waals surface area contributed by atoms with E-state index < -0.39 is 0 Å². The Labute approximate surface area is 111 Å². The highest BCUT2D eigenvalue weighted by molar-refractivity contribution is 5.98. The first kappa shape index (κ1) is 13.3. The van der Waals surface area contributed by atoms with Crippen molar-refractivity contribution in [1.82, 2.24) is 9.88 Å². The van der Waals surface area contributed by atoms with Crippen LogP contribution in [0, 0.1) is 5.82 Å². The lowest BCUT2D eigenvalue weighted by molar-refractivity contribution is 0.0773. The van der Waals surface area contributed by atoms with E-state index in [9.17, 15) is 9.18 Å². The fraction of sp³-hybridized carbons (Fsp3) is 0.267. The molecule has 0 unspecified atom stereocenters. The van der Waals surface area contributed by atoms with E-state index in [1.54, 1.807) is 23.1 Å². The molecule has 2 rings (SSSR count). The molecule has 1 heterocycles. The van der Waals surface area contributed by atoms with Gasteiger partial charge in [-0.2, -0.15) is 0 Å². The Kier molecular flexibility index (Phi) is 3.69. The van der Waals surface area contributed by atoms with Gasteiger partial charge in [-0.25, -0.2) is 4.39 Å². The van der Waals surface area contributed by atoms with Gasteiger partial charge in [0.15, 0.2) is 0 Å². The monoisotopic (exact) mass is 260 g/mol. The average Bonchev–Trinajstić information content (AvgIpc) is 2.80. The molecule has 0 spiro atoms. The summed E-state index contributed by atoms with van der Waals surface area (Å²) in [5, 5.41) is 0.442. The van der Waals surface area contributed by atoms with Crippen molar-refractivity contribution in [3.05, 3.63) is 47.9 Å². The van der Waals surface area contributed by atoms with Gasteiger partial charge in [0.25, 0.3) is 5.91 Å². The number of carbonyl (C=O) groups is 1. The highest BCUT2D eigenvalue weighted by Gasteiger charge is 2.17. The van der Waals surface area contributed by atoms with Gasteiger partial charge in [0, 0.05) is 24.0 Å². The summed E-state index contributed by atoms with van der Waals surface area (Å²) in [6.07, 6.45) is 0. The number of nitrogens with zero attached hydrogens (tertiary/aromatic N) is 1. The fourth-order valence-corrected chi connectivity index (χ4v) is 2.06. The minimum atomic E-state index is -0.323. The number of benzene rings is 1. The summed E-state index contributed by atoms with van der Waals surface area (Å²) in [5.41, 5.74) is 1.95. The van der Waals surface area contributed by atoms with Crippen LogP contribution in [0.2, 0.25) is 0 Å². The quantitative estimate of drug-likeness (QED) is 0.841. The van der Waals surface area contributed by atoms with Crippen molar-refractivity contribution in [1.29, 1.82) is 0 Å². The molecule has 0 radical (unpaired) electrons. The van der Waals surface area contributed by atoms with Gasteiger partial charge in [0.05, 0.1) is 0 Å². The Morgan fingerprint density at radius 3 is 2.79 bits per heavy atom. The molecule has 100 valence electrons. The number of likely N-dealkylation sites (N-methyl/N-ethyl adjacent to an activating group) is 1. The van der Waals surface area contributed by atoms with E-state index in [-0.39, 0.29) is 11.7 Å². The van der Waals surface area contributed by atoms with Gasteiger partial charge in [0.2, 0.25) is 0 Å². The lowest BCUT2D eigenvalue weighted by atomic mass is 10.2. The number of rotatable bonds is 4. The normalized spacial score (nSPS) is 10.7. The molecule has 0 aliphatic heterocycles. The summed E-state index contributed by atoms with van der Waals surface area (Å²) in [4.78, 5) is 17.0. The number of amides is 1. The van der Waals surface area contributed by atoms with Crippen molar-refractivity contribution in [2.24, 2.45) is 0 Å². The van der Waals surface area contributed by atoms with Crippen molar-refractivity contribution in [2.75, 3.05) is 13.1 Å². The summed E-state index contributed by atoms with van der Waals surface area (Å²) in [5.74, 6) is -0.461. The first-order valence-corrected chi connectivity index (χ1v) is 6.23. The minimum Gasteiger partial charge on any atom is -0.350 e. The average molecular weight is 260 g/mol. The molecule has 19 heavy (non-hydrogen) atoms. The van der Waals surface area contributed by atoms with E-state index in [4.69, 9.17) is 0 Å². The molecule has 2 aromatic rings. The summed E-state index contributed by atoms with van der Waals surface area (Å²) >= 11 is 0. The van der Waals surface area contributed by atoms with Crippen molar-refractivity contribution < 1.29 is 9.18 Å². The Morgan fingerprint density at radius 1 is 1.47 bits per heavy atom. The SMILES string of the molecule is C=C(C)CN(CC)C(=O)c1cc2c(F)cccc2[nH]1. The molecular formula is C15H17FN2O. The maximum atomic E-state index is 13.6. The second-order valence-electron chi connectivity index (χ2n) is 4.66. The second kappa shape index (κ2) is 5.26. The number of aromatic nitrogens is 1. The molecule has 1 aromatic carbocycles. The van der Waals surface area contributed by atoms with Gasteiger partial charge in [0.1, 0.15) is 11.5 Å². The van der Waals surface area contributed by atoms with E-state index in [0.29, 0.717) is 29.7 Å². The van der Waals surface area contributed by atoms with Crippen molar-refractivity contribution >= 4 is 16.8 Å². The zero-order valence-electron chi connectivity index (χ0n) is 11.2. The van der Waals surface area contributed by atoms with Gasteiger partial charge in [-0.1, -0.05) is 18.2 Å². The summed E-state index contributed by atoms with van der Waals surface area (Å²) in [6.45, 7) is 8.69. The highest BCUT2D eigenvalue weighted by atomic mass is 19.1. The lowest BCUT2D eigenvalue weighted by Gasteiger charge is -2.20. The molecule has 4 heteroatoms. The molecule has 0 bridgehead atoms. The zero-order valence-corrected chi connectivity index (χ0v) is 11.2. The Hall–Kier alpha value is -2.10. The standard InChI is InChI=1S/C15H17FN2O/c1-4-18(9-10(2)3)15(19)14-8-11-12(16)6-5-7-13(11)17-14/h5-8,17H,2,4,9H2,1,3H3.